The zero-order valence-electron chi connectivity index (χ0n) is 8.22. The number of anilines is 1. The Hall–Kier alpha value is -1.94. The van der Waals surface area contributed by atoms with Gasteiger partial charge in [-0.2, -0.15) is 0 Å². The molecule has 0 bridgehead atoms. The van der Waals surface area contributed by atoms with Gasteiger partial charge in [0.2, 0.25) is 0 Å². The summed E-state index contributed by atoms with van der Waals surface area (Å²) in [5.74, 6) is 0. The van der Waals surface area contributed by atoms with E-state index in [1.54, 1.807) is 18.6 Å². The molecule has 4 heteroatoms. The quantitative estimate of drug-likeness (QED) is 0.714. The van der Waals surface area contributed by atoms with Gasteiger partial charge in [0.1, 0.15) is 0 Å². The van der Waals surface area contributed by atoms with Crippen molar-refractivity contribution in [1.29, 1.82) is 0 Å². The smallest absolute Gasteiger partial charge is 0.0905 e. The molecule has 2 rings (SSSR count). The molecule has 0 aliphatic rings. The first kappa shape index (κ1) is 9.61. The second-order valence-corrected chi connectivity index (χ2v) is 3.22. The molecular weight excluding hydrogens is 188 g/mol. The van der Waals surface area contributed by atoms with Crippen molar-refractivity contribution >= 4 is 5.69 Å². The summed E-state index contributed by atoms with van der Waals surface area (Å²) in [4.78, 5) is 8.21. The number of rotatable bonds is 2. The van der Waals surface area contributed by atoms with Crippen molar-refractivity contribution in [3.05, 3.63) is 42.4 Å². The number of hydrogen-bond acceptors (Lipinski definition) is 4. The number of aromatic nitrogens is 2. The standard InChI is InChI=1S/C11H12N4/c12-6-8-1-2-10(13)9(5-8)11-7-14-3-4-15-11/h1-5,7H,6,12-13H2. The molecule has 1 aromatic carbocycles. The fraction of sp³-hybridized carbons (Fsp3) is 0.0909. The SMILES string of the molecule is NCc1ccc(N)c(-c2cnccn2)c1. The Balaban J connectivity index is 2.52. The monoisotopic (exact) mass is 200 g/mol. The predicted octanol–water partition coefficient (Wildman–Crippen LogP) is 1.18. The first-order valence-corrected chi connectivity index (χ1v) is 4.66. The average Bonchev–Trinajstić information content (AvgIpc) is 2.31. The Kier molecular flexibility index (Phi) is 2.60. The maximum atomic E-state index is 5.87. The van der Waals surface area contributed by atoms with Crippen LogP contribution in [0.25, 0.3) is 11.3 Å². The minimum Gasteiger partial charge on any atom is -0.398 e. The molecule has 76 valence electrons. The molecule has 15 heavy (non-hydrogen) atoms. The van der Waals surface area contributed by atoms with Gasteiger partial charge in [-0.05, 0) is 17.7 Å². The van der Waals surface area contributed by atoms with E-state index < -0.39 is 0 Å². The van der Waals surface area contributed by atoms with Gasteiger partial charge in [-0.25, -0.2) is 0 Å². The molecule has 4 N–H and O–H groups in total. The second kappa shape index (κ2) is 4.06. The third-order valence-electron chi connectivity index (χ3n) is 2.19. The molecule has 0 radical (unpaired) electrons. The molecule has 0 saturated carbocycles. The molecule has 4 nitrogen and oxygen atoms in total. The lowest BCUT2D eigenvalue weighted by molar-refractivity contribution is 1.07. The van der Waals surface area contributed by atoms with Gasteiger partial charge in [-0.1, -0.05) is 6.07 Å². The minimum absolute atomic E-state index is 0.494. The molecule has 0 aliphatic heterocycles. The number of benzene rings is 1. The van der Waals surface area contributed by atoms with Crippen molar-refractivity contribution in [2.24, 2.45) is 5.73 Å². The van der Waals surface area contributed by atoms with Crippen LogP contribution in [-0.4, -0.2) is 9.97 Å². The van der Waals surface area contributed by atoms with Gasteiger partial charge in [0.25, 0.3) is 0 Å². The van der Waals surface area contributed by atoms with Crippen LogP contribution in [0.5, 0.6) is 0 Å². The summed E-state index contributed by atoms with van der Waals surface area (Å²) < 4.78 is 0. The number of nitrogens with two attached hydrogens (primary N) is 2. The molecule has 1 aromatic heterocycles. The van der Waals surface area contributed by atoms with Gasteiger partial charge in [0.05, 0.1) is 11.9 Å². The van der Waals surface area contributed by atoms with Crippen molar-refractivity contribution in [3.8, 4) is 11.3 Å². The fourth-order valence-corrected chi connectivity index (χ4v) is 1.39. The zero-order chi connectivity index (χ0) is 10.7. The molecule has 2 aromatic rings. The van der Waals surface area contributed by atoms with Crippen LogP contribution in [-0.2, 0) is 6.54 Å². The highest BCUT2D eigenvalue weighted by Gasteiger charge is 2.04. The first-order valence-electron chi connectivity index (χ1n) is 4.66. The van der Waals surface area contributed by atoms with E-state index in [0.717, 1.165) is 16.8 Å². The van der Waals surface area contributed by atoms with E-state index in [1.807, 2.05) is 18.2 Å². The molecule has 0 atom stereocenters. The van der Waals surface area contributed by atoms with E-state index in [0.29, 0.717) is 12.2 Å². The molecule has 0 amide bonds. The zero-order valence-corrected chi connectivity index (χ0v) is 8.22. The number of nitrogens with zero attached hydrogens (tertiary/aromatic N) is 2. The van der Waals surface area contributed by atoms with Gasteiger partial charge in [-0.15, -0.1) is 0 Å². The maximum Gasteiger partial charge on any atom is 0.0905 e. The largest absolute Gasteiger partial charge is 0.398 e. The molecule has 0 aliphatic carbocycles. The third kappa shape index (κ3) is 1.94. The third-order valence-corrected chi connectivity index (χ3v) is 2.19. The molecular formula is C11H12N4. The highest BCUT2D eigenvalue weighted by atomic mass is 14.8. The summed E-state index contributed by atoms with van der Waals surface area (Å²) in [6.07, 6.45) is 4.96. The van der Waals surface area contributed by atoms with E-state index in [4.69, 9.17) is 11.5 Å². The van der Waals surface area contributed by atoms with E-state index in [2.05, 4.69) is 9.97 Å². The van der Waals surface area contributed by atoms with Gasteiger partial charge in [-0.3, -0.25) is 9.97 Å². The van der Waals surface area contributed by atoms with E-state index in [1.165, 1.54) is 0 Å². The summed E-state index contributed by atoms with van der Waals surface area (Å²) in [6.45, 7) is 0.494. The van der Waals surface area contributed by atoms with E-state index in [-0.39, 0.29) is 0 Å². The summed E-state index contributed by atoms with van der Waals surface area (Å²) >= 11 is 0. The van der Waals surface area contributed by atoms with Crippen LogP contribution in [0, 0.1) is 0 Å². The van der Waals surface area contributed by atoms with Gasteiger partial charge < -0.3 is 11.5 Å². The van der Waals surface area contributed by atoms with Crippen LogP contribution < -0.4 is 11.5 Å². The van der Waals surface area contributed by atoms with Crippen molar-refractivity contribution < 1.29 is 0 Å². The lowest BCUT2D eigenvalue weighted by Crippen LogP contribution is -1.99. The Labute approximate surface area is 88.0 Å². The van der Waals surface area contributed by atoms with E-state index >= 15 is 0 Å². The molecule has 1 heterocycles. The molecule has 0 spiro atoms. The summed E-state index contributed by atoms with van der Waals surface area (Å²) in [5, 5.41) is 0. The van der Waals surface area contributed by atoms with Crippen LogP contribution in [0.2, 0.25) is 0 Å². The van der Waals surface area contributed by atoms with Crippen LogP contribution in [0.15, 0.2) is 36.8 Å². The second-order valence-electron chi connectivity index (χ2n) is 3.22. The maximum absolute atomic E-state index is 5.87. The Morgan fingerprint density at radius 1 is 1.20 bits per heavy atom. The van der Waals surface area contributed by atoms with Crippen molar-refractivity contribution in [2.45, 2.75) is 6.54 Å². The topological polar surface area (TPSA) is 77.8 Å². The van der Waals surface area contributed by atoms with Crippen molar-refractivity contribution in [1.82, 2.24) is 9.97 Å². The van der Waals surface area contributed by atoms with Crippen molar-refractivity contribution in [2.75, 3.05) is 5.73 Å². The van der Waals surface area contributed by atoms with Gasteiger partial charge >= 0.3 is 0 Å². The number of nitrogen functional groups attached to an aromatic ring is 1. The van der Waals surface area contributed by atoms with Crippen LogP contribution in [0.1, 0.15) is 5.56 Å². The summed E-state index contributed by atoms with van der Waals surface area (Å²) in [7, 11) is 0. The lowest BCUT2D eigenvalue weighted by Gasteiger charge is -2.06. The molecule has 0 unspecified atom stereocenters. The Bertz CT molecular complexity index is 453. The highest BCUT2D eigenvalue weighted by Crippen LogP contribution is 2.24. The van der Waals surface area contributed by atoms with Crippen LogP contribution >= 0.6 is 0 Å². The van der Waals surface area contributed by atoms with Gasteiger partial charge in [0, 0.05) is 30.2 Å². The Morgan fingerprint density at radius 3 is 2.73 bits per heavy atom. The predicted molar refractivity (Wildman–Crippen MR) is 59.8 cm³/mol. The van der Waals surface area contributed by atoms with E-state index in [9.17, 15) is 0 Å². The summed E-state index contributed by atoms with van der Waals surface area (Å²) in [5.41, 5.74) is 14.8. The van der Waals surface area contributed by atoms with Gasteiger partial charge in [0.15, 0.2) is 0 Å². The molecule has 0 saturated heterocycles. The molecule has 0 fully saturated rings. The highest BCUT2D eigenvalue weighted by molar-refractivity contribution is 5.73. The minimum atomic E-state index is 0.494. The summed E-state index contributed by atoms with van der Waals surface area (Å²) in [6, 6.07) is 5.70. The average molecular weight is 200 g/mol. The first-order chi connectivity index (χ1) is 7.31. The lowest BCUT2D eigenvalue weighted by atomic mass is 10.1. The van der Waals surface area contributed by atoms with Crippen LogP contribution in [0.3, 0.4) is 0 Å². The fourth-order valence-electron chi connectivity index (χ4n) is 1.39. The normalized spacial score (nSPS) is 10.2. The van der Waals surface area contributed by atoms with Crippen LogP contribution in [0.4, 0.5) is 5.69 Å². The Morgan fingerprint density at radius 2 is 2.07 bits per heavy atom. The van der Waals surface area contributed by atoms with Crippen molar-refractivity contribution in [3.63, 3.8) is 0 Å². The number of hydrogen-bond donors (Lipinski definition) is 2.